The molecule has 0 N–H and O–H groups in total. The average Bonchev–Trinajstić information content (AvgIpc) is 3.33. The summed E-state index contributed by atoms with van der Waals surface area (Å²) in [5.41, 5.74) is 0.476. The van der Waals surface area contributed by atoms with Crippen molar-refractivity contribution >= 4 is 11.8 Å². The summed E-state index contributed by atoms with van der Waals surface area (Å²) in [6, 6.07) is 5.58. The van der Waals surface area contributed by atoms with Crippen LogP contribution in [0.2, 0.25) is 0 Å². The number of hydrogen-bond acceptors (Lipinski definition) is 4. The third kappa shape index (κ3) is 3.63. The SMILES string of the molecule is CN(Cc1nnc2n1CCC2)C(=O)C1CCN(C(=O)c2ccc(F)cc2)CC1. The Morgan fingerprint density at radius 3 is 2.57 bits per heavy atom. The van der Waals surface area contributed by atoms with Gasteiger partial charge in [-0.3, -0.25) is 9.59 Å². The zero-order chi connectivity index (χ0) is 19.7. The molecule has 1 aromatic carbocycles. The van der Waals surface area contributed by atoms with Gasteiger partial charge in [-0.2, -0.15) is 0 Å². The number of aromatic nitrogens is 3. The van der Waals surface area contributed by atoms with Crippen LogP contribution in [0.15, 0.2) is 24.3 Å². The predicted molar refractivity (Wildman–Crippen MR) is 99.8 cm³/mol. The molecule has 0 saturated carbocycles. The van der Waals surface area contributed by atoms with E-state index in [4.69, 9.17) is 0 Å². The lowest BCUT2D eigenvalue weighted by Crippen LogP contribution is -2.43. The zero-order valence-electron chi connectivity index (χ0n) is 16.0. The molecule has 4 rings (SSSR count). The van der Waals surface area contributed by atoms with E-state index < -0.39 is 0 Å². The first-order valence-electron chi connectivity index (χ1n) is 9.73. The standard InChI is InChI=1S/C20H24FN5O2/c1-24(13-18-23-22-17-3-2-10-26(17)18)19(27)15-8-11-25(12-9-15)20(28)14-4-6-16(21)7-5-14/h4-7,15H,2-3,8-13H2,1H3. The van der Waals surface area contributed by atoms with E-state index in [-0.39, 0.29) is 23.5 Å². The van der Waals surface area contributed by atoms with E-state index in [0.29, 0.717) is 38.0 Å². The maximum Gasteiger partial charge on any atom is 0.253 e. The van der Waals surface area contributed by atoms with Crippen molar-refractivity contribution in [2.75, 3.05) is 20.1 Å². The van der Waals surface area contributed by atoms with Crippen LogP contribution in [0.5, 0.6) is 0 Å². The minimum Gasteiger partial charge on any atom is -0.339 e. The van der Waals surface area contributed by atoms with Gasteiger partial charge in [0.25, 0.3) is 5.91 Å². The number of halogens is 1. The molecule has 0 aliphatic carbocycles. The van der Waals surface area contributed by atoms with Crippen LogP contribution in [0.1, 0.15) is 41.3 Å². The molecule has 0 radical (unpaired) electrons. The lowest BCUT2D eigenvalue weighted by Gasteiger charge is -2.33. The molecule has 148 valence electrons. The normalized spacial score (nSPS) is 16.9. The van der Waals surface area contributed by atoms with Crippen molar-refractivity contribution in [1.82, 2.24) is 24.6 Å². The van der Waals surface area contributed by atoms with Gasteiger partial charge in [-0.25, -0.2) is 4.39 Å². The van der Waals surface area contributed by atoms with Crippen molar-refractivity contribution in [1.29, 1.82) is 0 Å². The van der Waals surface area contributed by atoms with Crippen molar-refractivity contribution < 1.29 is 14.0 Å². The van der Waals surface area contributed by atoms with Gasteiger partial charge in [-0.15, -0.1) is 10.2 Å². The van der Waals surface area contributed by atoms with Gasteiger partial charge in [0.15, 0.2) is 5.82 Å². The summed E-state index contributed by atoms with van der Waals surface area (Å²) in [5, 5.41) is 8.41. The summed E-state index contributed by atoms with van der Waals surface area (Å²) in [4.78, 5) is 28.8. The number of piperidine rings is 1. The molecule has 1 fully saturated rings. The van der Waals surface area contributed by atoms with Gasteiger partial charge in [0.1, 0.15) is 11.6 Å². The first-order valence-corrected chi connectivity index (χ1v) is 9.73. The maximum absolute atomic E-state index is 13.0. The number of carbonyl (C=O) groups is 2. The lowest BCUT2D eigenvalue weighted by molar-refractivity contribution is -0.136. The van der Waals surface area contributed by atoms with Crippen LogP contribution < -0.4 is 0 Å². The van der Waals surface area contributed by atoms with E-state index in [1.807, 2.05) is 0 Å². The molecule has 2 amide bonds. The number of nitrogens with zero attached hydrogens (tertiary/aromatic N) is 5. The smallest absolute Gasteiger partial charge is 0.253 e. The van der Waals surface area contributed by atoms with Gasteiger partial charge in [0, 0.05) is 44.6 Å². The Kier molecular flexibility index (Phi) is 5.11. The Labute approximate surface area is 163 Å². The fourth-order valence-corrected chi connectivity index (χ4v) is 4.03. The second-order valence-corrected chi connectivity index (χ2v) is 7.56. The molecule has 2 aromatic rings. The number of amides is 2. The van der Waals surface area contributed by atoms with Crippen molar-refractivity contribution in [2.45, 2.75) is 38.8 Å². The van der Waals surface area contributed by atoms with Gasteiger partial charge in [-0.05, 0) is 43.5 Å². The fourth-order valence-electron chi connectivity index (χ4n) is 4.03. The second kappa shape index (κ2) is 7.69. The molecule has 3 heterocycles. The quantitative estimate of drug-likeness (QED) is 0.806. The summed E-state index contributed by atoms with van der Waals surface area (Å²) in [5.74, 6) is 1.36. The maximum atomic E-state index is 13.0. The number of hydrogen-bond donors (Lipinski definition) is 0. The zero-order valence-corrected chi connectivity index (χ0v) is 16.0. The number of aryl methyl sites for hydroxylation is 1. The van der Waals surface area contributed by atoms with Crippen molar-refractivity contribution in [3.8, 4) is 0 Å². The number of carbonyl (C=O) groups excluding carboxylic acids is 2. The van der Waals surface area contributed by atoms with E-state index in [2.05, 4.69) is 14.8 Å². The average molecular weight is 385 g/mol. The van der Waals surface area contributed by atoms with E-state index in [1.54, 1.807) is 16.8 Å². The number of benzene rings is 1. The second-order valence-electron chi connectivity index (χ2n) is 7.56. The molecule has 2 aliphatic rings. The van der Waals surface area contributed by atoms with E-state index in [9.17, 15) is 14.0 Å². The molecule has 0 atom stereocenters. The van der Waals surface area contributed by atoms with Gasteiger partial charge < -0.3 is 14.4 Å². The third-order valence-corrected chi connectivity index (χ3v) is 5.66. The van der Waals surface area contributed by atoms with Crippen LogP contribution in [0.3, 0.4) is 0 Å². The highest BCUT2D eigenvalue weighted by molar-refractivity contribution is 5.94. The Morgan fingerprint density at radius 2 is 1.86 bits per heavy atom. The predicted octanol–water partition coefficient (Wildman–Crippen LogP) is 1.87. The van der Waals surface area contributed by atoms with Gasteiger partial charge in [0.2, 0.25) is 5.91 Å². The summed E-state index contributed by atoms with van der Waals surface area (Å²) >= 11 is 0. The largest absolute Gasteiger partial charge is 0.339 e. The number of fused-ring (bicyclic) bond motifs is 1. The summed E-state index contributed by atoms with van der Waals surface area (Å²) in [6.07, 6.45) is 3.29. The highest BCUT2D eigenvalue weighted by Gasteiger charge is 2.30. The molecule has 1 aromatic heterocycles. The Hall–Kier alpha value is -2.77. The van der Waals surface area contributed by atoms with E-state index in [0.717, 1.165) is 31.0 Å². The number of rotatable bonds is 4. The molecule has 8 heteroatoms. The van der Waals surface area contributed by atoms with Crippen LogP contribution in [0.4, 0.5) is 4.39 Å². The number of likely N-dealkylation sites (tertiary alicyclic amines) is 1. The fraction of sp³-hybridized carbons (Fsp3) is 0.500. The van der Waals surface area contributed by atoms with E-state index >= 15 is 0 Å². The van der Waals surface area contributed by atoms with Crippen LogP contribution in [-0.2, 0) is 24.3 Å². The highest BCUT2D eigenvalue weighted by atomic mass is 19.1. The molecule has 28 heavy (non-hydrogen) atoms. The summed E-state index contributed by atoms with van der Waals surface area (Å²) in [7, 11) is 1.80. The monoisotopic (exact) mass is 385 g/mol. The molecule has 0 unspecified atom stereocenters. The highest BCUT2D eigenvalue weighted by Crippen LogP contribution is 2.22. The minimum atomic E-state index is -0.359. The Morgan fingerprint density at radius 1 is 1.14 bits per heavy atom. The van der Waals surface area contributed by atoms with Crippen molar-refractivity contribution in [3.05, 3.63) is 47.3 Å². The summed E-state index contributed by atoms with van der Waals surface area (Å²) < 4.78 is 15.1. The molecule has 1 saturated heterocycles. The topological polar surface area (TPSA) is 71.3 Å². The summed E-state index contributed by atoms with van der Waals surface area (Å²) in [6.45, 7) is 2.44. The van der Waals surface area contributed by atoms with Gasteiger partial charge in [-0.1, -0.05) is 0 Å². The van der Waals surface area contributed by atoms with Crippen LogP contribution >= 0.6 is 0 Å². The van der Waals surface area contributed by atoms with Crippen molar-refractivity contribution in [3.63, 3.8) is 0 Å². The molecular formula is C20H24FN5O2. The Bertz CT molecular complexity index is 871. The first kappa shape index (κ1) is 18.6. The molecule has 2 aliphatic heterocycles. The van der Waals surface area contributed by atoms with Crippen LogP contribution in [0.25, 0.3) is 0 Å². The van der Waals surface area contributed by atoms with E-state index in [1.165, 1.54) is 24.3 Å². The van der Waals surface area contributed by atoms with Crippen LogP contribution in [0, 0.1) is 11.7 Å². The molecular weight excluding hydrogens is 361 g/mol. The van der Waals surface area contributed by atoms with Crippen molar-refractivity contribution in [2.24, 2.45) is 5.92 Å². The van der Waals surface area contributed by atoms with Crippen LogP contribution in [-0.4, -0.2) is 56.5 Å². The first-order chi connectivity index (χ1) is 13.5. The molecule has 7 nitrogen and oxygen atoms in total. The molecule has 0 bridgehead atoms. The molecule has 0 spiro atoms. The third-order valence-electron chi connectivity index (χ3n) is 5.66. The van der Waals surface area contributed by atoms with Gasteiger partial charge in [0.05, 0.1) is 6.54 Å². The Balaban J connectivity index is 1.32. The van der Waals surface area contributed by atoms with Gasteiger partial charge >= 0.3 is 0 Å². The minimum absolute atomic E-state index is 0.0872. The lowest BCUT2D eigenvalue weighted by atomic mass is 9.95.